The average molecular weight is 348 g/mol. The number of fused-ring (bicyclic) bond motifs is 1. The lowest BCUT2D eigenvalue weighted by atomic mass is 10.1. The van der Waals surface area contributed by atoms with Gasteiger partial charge in [-0.15, -0.1) is 0 Å². The number of nitrogens with zero attached hydrogens (tertiary/aromatic N) is 1. The SMILES string of the molecule is CC(C)CS(=O)(=O)C1CCN(C(=O)c2c[nH]c3ccccc23)CC1. The van der Waals surface area contributed by atoms with Crippen LogP contribution in [0.2, 0.25) is 0 Å². The Bertz CT molecular complexity index is 831. The molecule has 1 aromatic carbocycles. The summed E-state index contributed by atoms with van der Waals surface area (Å²) in [6, 6.07) is 7.71. The Kier molecular flexibility index (Phi) is 4.67. The van der Waals surface area contributed by atoms with Crippen molar-refractivity contribution in [2.24, 2.45) is 5.92 Å². The Morgan fingerprint density at radius 1 is 1.25 bits per heavy atom. The van der Waals surface area contributed by atoms with E-state index in [0.29, 0.717) is 31.5 Å². The minimum absolute atomic E-state index is 0.0212. The van der Waals surface area contributed by atoms with Crippen LogP contribution in [-0.2, 0) is 9.84 Å². The van der Waals surface area contributed by atoms with Gasteiger partial charge in [0.2, 0.25) is 0 Å². The van der Waals surface area contributed by atoms with Crippen molar-refractivity contribution >= 4 is 26.6 Å². The molecule has 0 spiro atoms. The van der Waals surface area contributed by atoms with E-state index in [-0.39, 0.29) is 22.8 Å². The zero-order chi connectivity index (χ0) is 17.3. The first kappa shape index (κ1) is 17.0. The van der Waals surface area contributed by atoms with Crippen molar-refractivity contribution in [1.29, 1.82) is 0 Å². The third kappa shape index (κ3) is 3.34. The van der Waals surface area contributed by atoms with E-state index < -0.39 is 9.84 Å². The van der Waals surface area contributed by atoms with Gasteiger partial charge in [-0.1, -0.05) is 32.0 Å². The molecule has 3 rings (SSSR count). The van der Waals surface area contributed by atoms with Crippen LogP contribution in [-0.4, -0.2) is 48.3 Å². The molecule has 1 N–H and O–H groups in total. The summed E-state index contributed by atoms with van der Waals surface area (Å²) in [6.07, 6.45) is 2.81. The molecule has 0 unspecified atom stereocenters. The first-order chi connectivity index (χ1) is 11.4. The largest absolute Gasteiger partial charge is 0.360 e. The lowest BCUT2D eigenvalue weighted by molar-refractivity contribution is 0.0727. The summed E-state index contributed by atoms with van der Waals surface area (Å²) in [5.41, 5.74) is 1.60. The average Bonchev–Trinajstić information content (AvgIpc) is 2.97. The maximum Gasteiger partial charge on any atom is 0.256 e. The third-order valence-corrected chi connectivity index (χ3v) is 7.24. The molecule has 0 radical (unpaired) electrons. The number of aromatic amines is 1. The van der Waals surface area contributed by atoms with Gasteiger partial charge in [0.15, 0.2) is 9.84 Å². The molecule has 0 atom stereocenters. The quantitative estimate of drug-likeness (QED) is 0.923. The summed E-state index contributed by atoms with van der Waals surface area (Å²) in [6.45, 7) is 4.85. The van der Waals surface area contributed by atoms with Crippen molar-refractivity contribution < 1.29 is 13.2 Å². The minimum Gasteiger partial charge on any atom is -0.360 e. The predicted octanol–water partition coefficient (Wildman–Crippen LogP) is 2.84. The lowest BCUT2D eigenvalue weighted by Gasteiger charge is -2.32. The number of H-pyrrole nitrogens is 1. The molecular weight excluding hydrogens is 324 g/mol. The van der Waals surface area contributed by atoms with Crippen molar-refractivity contribution in [3.05, 3.63) is 36.0 Å². The smallest absolute Gasteiger partial charge is 0.256 e. The lowest BCUT2D eigenvalue weighted by Crippen LogP contribution is -2.43. The fourth-order valence-electron chi connectivity index (χ4n) is 3.44. The number of likely N-dealkylation sites (tertiary alicyclic amines) is 1. The Labute approximate surface area is 143 Å². The number of sulfone groups is 1. The van der Waals surface area contributed by atoms with Gasteiger partial charge >= 0.3 is 0 Å². The van der Waals surface area contributed by atoms with Crippen LogP contribution >= 0.6 is 0 Å². The molecule has 0 bridgehead atoms. The molecule has 2 heterocycles. The van der Waals surface area contributed by atoms with Gasteiger partial charge in [-0.25, -0.2) is 8.42 Å². The van der Waals surface area contributed by atoms with Crippen LogP contribution in [0, 0.1) is 5.92 Å². The fourth-order valence-corrected chi connectivity index (χ4v) is 5.57. The number of piperidine rings is 1. The standard InChI is InChI=1S/C18H24N2O3S/c1-13(2)12-24(22,23)14-7-9-20(10-8-14)18(21)16-11-19-17-6-4-3-5-15(16)17/h3-6,11,13-14,19H,7-10,12H2,1-2H3. The van der Waals surface area contributed by atoms with Crippen LogP contribution in [0.25, 0.3) is 10.9 Å². The molecular formula is C18H24N2O3S. The van der Waals surface area contributed by atoms with Gasteiger partial charge in [0.1, 0.15) is 0 Å². The van der Waals surface area contributed by atoms with Crippen molar-refractivity contribution in [2.45, 2.75) is 31.9 Å². The number of hydrogen-bond donors (Lipinski definition) is 1. The van der Waals surface area contributed by atoms with E-state index in [2.05, 4.69) is 4.98 Å². The summed E-state index contributed by atoms with van der Waals surface area (Å²) < 4.78 is 24.7. The molecule has 1 aliphatic rings. The van der Waals surface area contributed by atoms with Crippen molar-refractivity contribution in [2.75, 3.05) is 18.8 Å². The van der Waals surface area contributed by atoms with Gasteiger partial charge in [-0.2, -0.15) is 0 Å². The van der Waals surface area contributed by atoms with Crippen LogP contribution in [0.5, 0.6) is 0 Å². The van der Waals surface area contributed by atoms with E-state index >= 15 is 0 Å². The Hall–Kier alpha value is -1.82. The number of benzene rings is 1. The number of carbonyl (C=O) groups excluding carboxylic acids is 1. The second-order valence-corrected chi connectivity index (χ2v) is 9.29. The van der Waals surface area contributed by atoms with Crippen LogP contribution < -0.4 is 0 Å². The van der Waals surface area contributed by atoms with Gasteiger partial charge in [-0.3, -0.25) is 4.79 Å². The first-order valence-corrected chi connectivity index (χ1v) is 10.2. The molecule has 6 heteroatoms. The molecule has 5 nitrogen and oxygen atoms in total. The molecule has 1 saturated heterocycles. The van der Waals surface area contributed by atoms with Crippen LogP contribution in [0.15, 0.2) is 30.5 Å². The third-order valence-electron chi connectivity index (χ3n) is 4.62. The van der Waals surface area contributed by atoms with Crippen molar-refractivity contribution in [3.8, 4) is 0 Å². The maximum absolute atomic E-state index is 12.8. The molecule has 1 fully saturated rings. The van der Waals surface area contributed by atoms with Gasteiger partial charge in [0.05, 0.1) is 16.6 Å². The zero-order valence-electron chi connectivity index (χ0n) is 14.2. The Morgan fingerprint density at radius 3 is 2.58 bits per heavy atom. The molecule has 24 heavy (non-hydrogen) atoms. The van der Waals surface area contributed by atoms with Crippen LogP contribution in [0.4, 0.5) is 0 Å². The highest BCUT2D eigenvalue weighted by molar-refractivity contribution is 7.92. The Morgan fingerprint density at radius 2 is 1.92 bits per heavy atom. The number of aromatic nitrogens is 1. The summed E-state index contributed by atoms with van der Waals surface area (Å²) in [5, 5.41) is 0.601. The summed E-state index contributed by atoms with van der Waals surface area (Å²) in [4.78, 5) is 17.7. The second-order valence-electron chi connectivity index (χ2n) is 6.96. The first-order valence-electron chi connectivity index (χ1n) is 8.45. The van der Waals surface area contributed by atoms with Gasteiger partial charge < -0.3 is 9.88 Å². The molecule has 1 aromatic heterocycles. The van der Waals surface area contributed by atoms with Gasteiger partial charge in [-0.05, 0) is 24.8 Å². The summed E-state index contributed by atoms with van der Waals surface area (Å²) in [7, 11) is -3.06. The number of nitrogens with one attached hydrogen (secondary N) is 1. The van der Waals surface area contributed by atoms with Crippen molar-refractivity contribution in [3.63, 3.8) is 0 Å². The fraction of sp³-hybridized carbons (Fsp3) is 0.500. The minimum atomic E-state index is -3.06. The molecule has 130 valence electrons. The number of hydrogen-bond acceptors (Lipinski definition) is 3. The Balaban J connectivity index is 1.70. The molecule has 2 aromatic rings. The van der Waals surface area contributed by atoms with E-state index in [0.717, 1.165) is 10.9 Å². The highest BCUT2D eigenvalue weighted by Gasteiger charge is 2.32. The zero-order valence-corrected chi connectivity index (χ0v) is 15.0. The summed E-state index contributed by atoms with van der Waals surface area (Å²) >= 11 is 0. The van der Waals surface area contributed by atoms with Crippen LogP contribution in [0.1, 0.15) is 37.0 Å². The van der Waals surface area contributed by atoms with Gasteiger partial charge in [0, 0.05) is 30.2 Å². The summed E-state index contributed by atoms with van der Waals surface area (Å²) in [5.74, 6) is 0.349. The maximum atomic E-state index is 12.8. The monoisotopic (exact) mass is 348 g/mol. The molecule has 1 aliphatic heterocycles. The van der Waals surface area contributed by atoms with Crippen LogP contribution in [0.3, 0.4) is 0 Å². The number of rotatable bonds is 4. The predicted molar refractivity (Wildman–Crippen MR) is 95.8 cm³/mol. The molecule has 0 saturated carbocycles. The van der Waals surface area contributed by atoms with E-state index in [1.54, 1.807) is 11.1 Å². The topological polar surface area (TPSA) is 70.2 Å². The van der Waals surface area contributed by atoms with Gasteiger partial charge in [0.25, 0.3) is 5.91 Å². The number of para-hydroxylation sites is 1. The molecule has 1 amide bonds. The normalized spacial score (nSPS) is 16.9. The highest BCUT2D eigenvalue weighted by atomic mass is 32.2. The van der Waals surface area contributed by atoms with Crippen molar-refractivity contribution in [1.82, 2.24) is 9.88 Å². The highest BCUT2D eigenvalue weighted by Crippen LogP contribution is 2.24. The number of carbonyl (C=O) groups is 1. The number of amides is 1. The second kappa shape index (κ2) is 6.59. The van der Waals surface area contributed by atoms with E-state index in [1.807, 2.05) is 38.1 Å². The van der Waals surface area contributed by atoms with E-state index in [4.69, 9.17) is 0 Å². The van der Waals surface area contributed by atoms with E-state index in [9.17, 15) is 13.2 Å². The molecule has 0 aliphatic carbocycles. The van der Waals surface area contributed by atoms with E-state index in [1.165, 1.54) is 0 Å².